The summed E-state index contributed by atoms with van der Waals surface area (Å²) in [5.74, 6) is -0.895. The minimum absolute atomic E-state index is 0.102. The molecule has 0 fully saturated rings. The van der Waals surface area contributed by atoms with E-state index in [0.717, 1.165) is 5.56 Å². The van der Waals surface area contributed by atoms with Gasteiger partial charge in [0.05, 0.1) is 27.4 Å². The summed E-state index contributed by atoms with van der Waals surface area (Å²) >= 11 is 0. The molecule has 0 saturated carbocycles. The molecule has 0 aromatic heterocycles. The highest BCUT2D eigenvalue weighted by Crippen LogP contribution is 2.50. The molecule has 0 spiro atoms. The van der Waals surface area contributed by atoms with Crippen molar-refractivity contribution in [2.24, 2.45) is 0 Å². The average molecular weight is 485 g/mol. The Morgan fingerprint density at radius 2 is 1.66 bits per heavy atom. The Labute approximate surface area is 202 Å². The first kappa shape index (κ1) is 25.5. The van der Waals surface area contributed by atoms with Gasteiger partial charge in [-0.25, -0.2) is 0 Å². The number of carbonyl (C=O) groups excluding carboxylic acids is 3. The zero-order chi connectivity index (χ0) is 25.7. The van der Waals surface area contributed by atoms with E-state index in [-0.39, 0.29) is 22.7 Å². The van der Waals surface area contributed by atoms with Gasteiger partial charge in [0.25, 0.3) is 5.91 Å². The lowest BCUT2D eigenvalue weighted by atomic mass is 9.95. The molecule has 2 aromatic carbocycles. The lowest BCUT2D eigenvalue weighted by Crippen LogP contribution is -2.32. The summed E-state index contributed by atoms with van der Waals surface area (Å²) in [4.78, 5) is 48.3. The van der Waals surface area contributed by atoms with E-state index in [1.165, 1.54) is 47.3 Å². The van der Waals surface area contributed by atoms with Crippen molar-refractivity contribution in [3.8, 4) is 34.1 Å². The Morgan fingerprint density at radius 3 is 2.26 bits per heavy atom. The molecule has 0 heterocycles. The van der Waals surface area contributed by atoms with Crippen molar-refractivity contribution in [2.75, 3.05) is 27.9 Å². The van der Waals surface area contributed by atoms with Crippen LogP contribution in [-0.2, 0) is 25.5 Å². The summed E-state index contributed by atoms with van der Waals surface area (Å²) in [7, 11) is 4.28. The lowest BCUT2D eigenvalue weighted by Gasteiger charge is -2.20. The van der Waals surface area contributed by atoms with E-state index in [1.807, 2.05) is 0 Å². The van der Waals surface area contributed by atoms with E-state index < -0.39 is 30.5 Å². The molecule has 2 aromatic rings. The molecule has 0 aliphatic heterocycles. The standard InChI is InChI=1S/C25H27NO9/c1-13(27)34-12-22(30)26-18-8-6-15-10-21(32-4)24(35-14(2)28)25(33-5)23(15)16-7-9-20(31-3)19(29)11-17(16)18/h7,9-11,18H,6,8,12H2,1-5H3,(H,26,30). The maximum Gasteiger partial charge on any atom is 0.308 e. The monoisotopic (exact) mass is 485 g/mol. The second-order valence-electron chi connectivity index (χ2n) is 7.79. The number of fused-ring (bicyclic) bond motifs is 3. The van der Waals surface area contributed by atoms with Crippen molar-refractivity contribution in [3.05, 3.63) is 45.6 Å². The maximum absolute atomic E-state index is 12.8. The number of rotatable bonds is 7. The van der Waals surface area contributed by atoms with Crippen LogP contribution in [0, 0.1) is 0 Å². The van der Waals surface area contributed by atoms with Gasteiger partial charge >= 0.3 is 11.9 Å². The van der Waals surface area contributed by atoms with Crippen LogP contribution in [0.4, 0.5) is 0 Å². The van der Waals surface area contributed by atoms with Crippen LogP contribution in [0.15, 0.2) is 29.1 Å². The Bertz CT molecular complexity index is 1220. The zero-order valence-electron chi connectivity index (χ0n) is 20.2. The number of ether oxygens (including phenoxy) is 5. The first-order chi connectivity index (χ1) is 16.7. The smallest absolute Gasteiger partial charge is 0.308 e. The van der Waals surface area contributed by atoms with Gasteiger partial charge in [0.15, 0.2) is 23.9 Å². The highest BCUT2D eigenvalue weighted by molar-refractivity contribution is 5.86. The summed E-state index contributed by atoms with van der Waals surface area (Å²) in [5, 5.41) is 2.84. The first-order valence-electron chi connectivity index (χ1n) is 10.8. The van der Waals surface area contributed by atoms with Gasteiger partial charge in [0.2, 0.25) is 11.2 Å². The number of methoxy groups -OCH3 is 3. The Balaban J connectivity index is 2.27. The van der Waals surface area contributed by atoms with Crippen LogP contribution in [-0.4, -0.2) is 45.8 Å². The van der Waals surface area contributed by atoms with Crippen LogP contribution >= 0.6 is 0 Å². The van der Waals surface area contributed by atoms with Crippen LogP contribution < -0.4 is 29.7 Å². The molecule has 1 amide bonds. The van der Waals surface area contributed by atoms with E-state index in [2.05, 4.69) is 5.32 Å². The summed E-state index contributed by atoms with van der Waals surface area (Å²) in [6, 6.07) is 5.76. The molecule has 186 valence electrons. The number of hydrogen-bond donors (Lipinski definition) is 1. The third kappa shape index (κ3) is 5.53. The van der Waals surface area contributed by atoms with Gasteiger partial charge in [-0.05, 0) is 47.7 Å². The van der Waals surface area contributed by atoms with E-state index >= 15 is 0 Å². The van der Waals surface area contributed by atoms with Crippen LogP contribution in [0.3, 0.4) is 0 Å². The summed E-state index contributed by atoms with van der Waals surface area (Å²) in [5.41, 5.74) is 2.08. The quantitative estimate of drug-likeness (QED) is 0.464. The molecule has 1 aliphatic carbocycles. The van der Waals surface area contributed by atoms with Gasteiger partial charge < -0.3 is 29.0 Å². The Hall–Kier alpha value is -4.08. The van der Waals surface area contributed by atoms with Crippen molar-refractivity contribution in [2.45, 2.75) is 32.7 Å². The predicted molar refractivity (Wildman–Crippen MR) is 125 cm³/mol. The molecule has 1 atom stereocenters. The van der Waals surface area contributed by atoms with E-state index in [9.17, 15) is 19.2 Å². The normalized spacial score (nSPS) is 13.9. The molecule has 10 heteroatoms. The highest BCUT2D eigenvalue weighted by atomic mass is 16.6. The largest absolute Gasteiger partial charge is 0.493 e. The van der Waals surface area contributed by atoms with Gasteiger partial charge in [0, 0.05) is 19.4 Å². The van der Waals surface area contributed by atoms with Crippen LogP contribution in [0.2, 0.25) is 0 Å². The zero-order valence-corrected chi connectivity index (χ0v) is 20.2. The molecule has 1 N–H and O–H groups in total. The van der Waals surface area contributed by atoms with Gasteiger partial charge in [-0.3, -0.25) is 19.2 Å². The molecule has 0 bridgehead atoms. The van der Waals surface area contributed by atoms with Gasteiger partial charge in [0.1, 0.15) is 0 Å². The summed E-state index contributed by atoms with van der Waals surface area (Å²) in [6.07, 6.45) is 0.876. The highest BCUT2D eigenvalue weighted by Gasteiger charge is 2.30. The number of aryl methyl sites for hydroxylation is 1. The van der Waals surface area contributed by atoms with Gasteiger partial charge in [-0.2, -0.15) is 0 Å². The molecule has 1 aliphatic rings. The predicted octanol–water partition coefficient (Wildman–Crippen LogP) is 2.33. The minimum Gasteiger partial charge on any atom is -0.493 e. The maximum atomic E-state index is 12.8. The molecule has 0 saturated heterocycles. The second-order valence-corrected chi connectivity index (χ2v) is 7.79. The molecule has 1 unspecified atom stereocenters. The van der Waals surface area contributed by atoms with Crippen LogP contribution in [0.25, 0.3) is 11.1 Å². The van der Waals surface area contributed by atoms with Gasteiger partial charge in [-0.1, -0.05) is 6.07 Å². The van der Waals surface area contributed by atoms with Crippen molar-refractivity contribution < 1.29 is 38.1 Å². The third-order valence-electron chi connectivity index (χ3n) is 5.50. The molecule has 0 radical (unpaired) electrons. The number of benzene rings is 1. The third-order valence-corrected chi connectivity index (χ3v) is 5.50. The second kappa shape index (κ2) is 10.9. The minimum atomic E-state index is -0.599. The molecule has 35 heavy (non-hydrogen) atoms. The Kier molecular flexibility index (Phi) is 7.95. The lowest BCUT2D eigenvalue weighted by molar-refractivity contribution is -0.146. The van der Waals surface area contributed by atoms with Crippen molar-refractivity contribution in [1.82, 2.24) is 5.32 Å². The topological polar surface area (TPSA) is 126 Å². The summed E-state index contributed by atoms with van der Waals surface area (Å²) < 4.78 is 26.6. The van der Waals surface area contributed by atoms with Crippen molar-refractivity contribution >= 4 is 17.8 Å². The molecule has 3 rings (SSSR count). The average Bonchev–Trinajstić information content (AvgIpc) is 3.05. The molecule has 10 nitrogen and oxygen atoms in total. The Morgan fingerprint density at radius 1 is 0.943 bits per heavy atom. The number of carbonyl (C=O) groups is 3. The molecular weight excluding hydrogens is 458 g/mol. The first-order valence-corrected chi connectivity index (χ1v) is 10.8. The number of hydrogen-bond acceptors (Lipinski definition) is 9. The number of esters is 2. The fourth-order valence-corrected chi connectivity index (χ4v) is 4.07. The number of amides is 1. The van der Waals surface area contributed by atoms with Gasteiger partial charge in [-0.15, -0.1) is 0 Å². The van der Waals surface area contributed by atoms with E-state index in [1.54, 1.807) is 12.1 Å². The fraction of sp³-hybridized carbons (Fsp3) is 0.360. The summed E-state index contributed by atoms with van der Waals surface area (Å²) in [6.45, 7) is 2.03. The van der Waals surface area contributed by atoms with Crippen LogP contribution in [0.5, 0.6) is 23.0 Å². The molecular formula is C25H27NO9. The van der Waals surface area contributed by atoms with Crippen molar-refractivity contribution in [1.29, 1.82) is 0 Å². The number of nitrogens with one attached hydrogen (secondary N) is 1. The van der Waals surface area contributed by atoms with Crippen LogP contribution in [0.1, 0.15) is 37.4 Å². The SMILES string of the molecule is COc1cc2c(c(OC)c1OC(C)=O)-c1ccc(OC)c(=O)cc1C(NC(=O)COC(C)=O)CC2. The van der Waals surface area contributed by atoms with E-state index in [4.69, 9.17) is 23.7 Å². The van der Waals surface area contributed by atoms with Crippen molar-refractivity contribution in [3.63, 3.8) is 0 Å². The fourth-order valence-electron chi connectivity index (χ4n) is 4.07. The van der Waals surface area contributed by atoms with E-state index in [0.29, 0.717) is 35.3 Å².